The van der Waals surface area contributed by atoms with Crippen molar-refractivity contribution in [3.63, 3.8) is 0 Å². The molecule has 0 aromatic carbocycles. The van der Waals surface area contributed by atoms with Crippen molar-refractivity contribution in [1.82, 2.24) is 0 Å². The zero-order chi connectivity index (χ0) is 7.65. The maximum Gasteiger partial charge on any atom is 0.307 e. The van der Waals surface area contributed by atoms with Crippen LogP contribution in [0.1, 0.15) is 0 Å². The first-order valence-corrected chi connectivity index (χ1v) is 2.44. The first-order chi connectivity index (χ1) is 3.89. The van der Waals surface area contributed by atoms with Gasteiger partial charge in [0.2, 0.25) is 0 Å². The van der Waals surface area contributed by atoms with Crippen molar-refractivity contribution in [3.05, 3.63) is 0 Å². The average Bonchev–Trinajstić information content (AvgIpc) is 1.65. The Hall–Kier alpha value is -0.200. The molecular weight excluding hydrogens is 126 g/mol. The van der Waals surface area contributed by atoms with Crippen molar-refractivity contribution in [2.45, 2.75) is 12.8 Å². The SMILES string of the molecule is C[N+](C)(C(O)O)C(O)O. The first kappa shape index (κ1) is 8.80. The summed E-state index contributed by atoms with van der Waals surface area (Å²) < 4.78 is -0.667. The van der Waals surface area contributed by atoms with Gasteiger partial charge in [0, 0.05) is 0 Å². The van der Waals surface area contributed by atoms with Crippen LogP contribution in [0.5, 0.6) is 0 Å². The summed E-state index contributed by atoms with van der Waals surface area (Å²) in [5, 5.41) is 33.8. The van der Waals surface area contributed by atoms with E-state index in [0.29, 0.717) is 0 Å². The van der Waals surface area contributed by atoms with Crippen molar-refractivity contribution in [2.24, 2.45) is 0 Å². The van der Waals surface area contributed by atoms with Crippen LogP contribution >= 0.6 is 0 Å². The number of aliphatic hydroxyl groups excluding tert-OH is 2. The Morgan fingerprint density at radius 3 is 1.11 bits per heavy atom. The van der Waals surface area contributed by atoms with Gasteiger partial charge in [0.1, 0.15) is 0 Å². The van der Waals surface area contributed by atoms with E-state index in [0.717, 1.165) is 0 Å². The molecule has 56 valence electrons. The summed E-state index contributed by atoms with van der Waals surface area (Å²) in [4.78, 5) is 0. The molecule has 0 bridgehead atoms. The van der Waals surface area contributed by atoms with E-state index < -0.39 is 17.3 Å². The molecule has 0 atom stereocenters. The van der Waals surface area contributed by atoms with Gasteiger partial charge in [-0.2, -0.15) is 0 Å². The van der Waals surface area contributed by atoms with Crippen LogP contribution in [0.2, 0.25) is 0 Å². The molecule has 0 amide bonds. The summed E-state index contributed by atoms with van der Waals surface area (Å²) in [6.45, 7) is 0. The molecule has 0 aromatic rings. The molecule has 5 nitrogen and oxygen atoms in total. The summed E-state index contributed by atoms with van der Waals surface area (Å²) in [6.07, 6.45) is -3.55. The van der Waals surface area contributed by atoms with Crippen LogP contribution in [0.25, 0.3) is 0 Å². The van der Waals surface area contributed by atoms with E-state index in [1.54, 1.807) is 0 Å². The topological polar surface area (TPSA) is 80.9 Å². The lowest BCUT2D eigenvalue weighted by atomic mass is 10.6. The Morgan fingerprint density at radius 1 is 0.889 bits per heavy atom. The van der Waals surface area contributed by atoms with E-state index in [-0.39, 0.29) is 0 Å². The fourth-order valence-electron chi connectivity index (χ4n) is 0.119. The molecular formula is C4H12NO4+. The fourth-order valence-corrected chi connectivity index (χ4v) is 0.119. The van der Waals surface area contributed by atoms with Gasteiger partial charge in [-0.3, -0.25) is 0 Å². The molecule has 0 aliphatic heterocycles. The Morgan fingerprint density at radius 2 is 1.11 bits per heavy atom. The highest BCUT2D eigenvalue weighted by molar-refractivity contribution is 4.15. The van der Waals surface area contributed by atoms with Crippen molar-refractivity contribution in [2.75, 3.05) is 14.1 Å². The molecule has 5 heteroatoms. The molecule has 0 rings (SSSR count). The highest BCUT2D eigenvalue weighted by Crippen LogP contribution is 2.03. The molecule has 0 spiro atoms. The molecule has 0 aliphatic carbocycles. The molecule has 0 aliphatic rings. The van der Waals surface area contributed by atoms with Gasteiger partial charge in [-0.1, -0.05) is 0 Å². The zero-order valence-electron chi connectivity index (χ0n) is 5.39. The average molecular weight is 138 g/mol. The maximum absolute atomic E-state index is 8.46. The predicted molar refractivity (Wildman–Crippen MR) is 28.6 cm³/mol. The molecule has 0 aromatic heterocycles. The number of rotatable bonds is 2. The Kier molecular flexibility index (Phi) is 2.53. The molecule has 0 unspecified atom stereocenters. The third-order valence-electron chi connectivity index (χ3n) is 1.19. The molecule has 0 heterocycles. The van der Waals surface area contributed by atoms with Crippen LogP contribution < -0.4 is 0 Å². The van der Waals surface area contributed by atoms with Gasteiger partial charge < -0.3 is 20.4 Å². The van der Waals surface area contributed by atoms with Crippen LogP contribution in [0.15, 0.2) is 0 Å². The summed E-state index contributed by atoms with van der Waals surface area (Å²) in [5.41, 5.74) is 0. The van der Waals surface area contributed by atoms with Crippen LogP contribution in [-0.4, -0.2) is 51.8 Å². The second-order valence-electron chi connectivity index (χ2n) is 2.32. The standard InChI is InChI=1S/C4H12NO4/c1-5(2,3(6)7)4(8)9/h3-4,6-9H,1-2H3/q+1. The minimum atomic E-state index is -1.77. The lowest BCUT2D eigenvalue weighted by Gasteiger charge is -2.31. The van der Waals surface area contributed by atoms with Gasteiger partial charge >= 0.3 is 12.8 Å². The van der Waals surface area contributed by atoms with E-state index in [1.807, 2.05) is 0 Å². The first-order valence-electron chi connectivity index (χ1n) is 2.44. The second-order valence-corrected chi connectivity index (χ2v) is 2.32. The van der Waals surface area contributed by atoms with E-state index >= 15 is 0 Å². The summed E-state index contributed by atoms with van der Waals surface area (Å²) in [6, 6.07) is 0. The normalized spacial score (nSPS) is 13.3. The number of quaternary nitrogens is 1. The summed E-state index contributed by atoms with van der Waals surface area (Å²) >= 11 is 0. The Balaban J connectivity index is 4.01. The van der Waals surface area contributed by atoms with Crippen LogP contribution in [0, 0.1) is 0 Å². The van der Waals surface area contributed by atoms with Crippen molar-refractivity contribution in [1.29, 1.82) is 0 Å². The predicted octanol–water partition coefficient (Wildman–Crippen LogP) is -2.40. The summed E-state index contributed by atoms with van der Waals surface area (Å²) in [5.74, 6) is 0. The van der Waals surface area contributed by atoms with Gasteiger partial charge in [0.15, 0.2) is 0 Å². The smallest absolute Gasteiger partial charge is 0.307 e. The second kappa shape index (κ2) is 2.59. The highest BCUT2D eigenvalue weighted by Gasteiger charge is 2.30. The third-order valence-corrected chi connectivity index (χ3v) is 1.19. The van der Waals surface area contributed by atoms with Gasteiger partial charge in [-0.25, -0.2) is 4.48 Å². The van der Waals surface area contributed by atoms with Gasteiger partial charge in [-0.15, -0.1) is 0 Å². The van der Waals surface area contributed by atoms with Crippen molar-refractivity contribution < 1.29 is 24.9 Å². The van der Waals surface area contributed by atoms with E-state index in [2.05, 4.69) is 0 Å². The third kappa shape index (κ3) is 1.88. The molecule has 0 saturated heterocycles. The van der Waals surface area contributed by atoms with E-state index in [9.17, 15) is 0 Å². The zero-order valence-corrected chi connectivity index (χ0v) is 5.39. The fraction of sp³-hybridized carbons (Fsp3) is 1.00. The molecule has 4 N–H and O–H groups in total. The van der Waals surface area contributed by atoms with Crippen LogP contribution in [0.3, 0.4) is 0 Å². The number of hydrogen-bond donors (Lipinski definition) is 4. The number of aliphatic hydroxyl groups is 4. The molecule has 0 radical (unpaired) electrons. The maximum atomic E-state index is 8.46. The number of hydrogen-bond acceptors (Lipinski definition) is 4. The summed E-state index contributed by atoms with van der Waals surface area (Å²) in [7, 11) is 2.55. The lowest BCUT2D eigenvalue weighted by molar-refractivity contribution is -1.02. The molecule has 0 saturated carbocycles. The molecule has 9 heavy (non-hydrogen) atoms. The lowest BCUT2D eigenvalue weighted by Crippen LogP contribution is -2.55. The monoisotopic (exact) mass is 138 g/mol. The Labute approximate surface area is 53.0 Å². The van der Waals surface area contributed by atoms with Gasteiger partial charge in [-0.05, 0) is 0 Å². The molecule has 0 fully saturated rings. The van der Waals surface area contributed by atoms with E-state index in [4.69, 9.17) is 20.4 Å². The largest absolute Gasteiger partial charge is 0.321 e. The van der Waals surface area contributed by atoms with Crippen LogP contribution in [-0.2, 0) is 0 Å². The van der Waals surface area contributed by atoms with Gasteiger partial charge in [0.25, 0.3) is 0 Å². The van der Waals surface area contributed by atoms with Gasteiger partial charge in [0.05, 0.1) is 14.1 Å². The number of nitrogens with zero attached hydrogens (tertiary/aromatic N) is 1. The van der Waals surface area contributed by atoms with Crippen molar-refractivity contribution in [3.8, 4) is 0 Å². The quantitative estimate of drug-likeness (QED) is 0.253. The van der Waals surface area contributed by atoms with Crippen molar-refractivity contribution >= 4 is 0 Å². The van der Waals surface area contributed by atoms with E-state index in [1.165, 1.54) is 14.1 Å². The highest BCUT2D eigenvalue weighted by atomic mass is 16.6. The minimum absolute atomic E-state index is 0.667. The minimum Gasteiger partial charge on any atom is -0.321 e. The Bertz CT molecular complexity index is 80.6. The van der Waals surface area contributed by atoms with Crippen LogP contribution in [0.4, 0.5) is 0 Å².